The predicted octanol–water partition coefficient (Wildman–Crippen LogP) is 1.77. The predicted molar refractivity (Wildman–Crippen MR) is 68.7 cm³/mol. The maximum absolute atomic E-state index is 11.5. The summed E-state index contributed by atoms with van der Waals surface area (Å²) in [7, 11) is 0. The molecule has 0 spiro atoms. The SMILES string of the molecule is CCOC(=O)OCCC1(C(=O)O)CCC(CN)CC1. The molecule has 0 saturated heterocycles. The van der Waals surface area contributed by atoms with E-state index in [0.29, 0.717) is 31.7 Å². The van der Waals surface area contributed by atoms with E-state index in [1.807, 2.05) is 0 Å². The Balaban J connectivity index is 2.45. The average Bonchev–Trinajstić information content (AvgIpc) is 2.39. The molecular weight excluding hydrogens is 250 g/mol. The lowest BCUT2D eigenvalue weighted by Crippen LogP contribution is -2.38. The van der Waals surface area contributed by atoms with Crippen LogP contribution in [0.15, 0.2) is 0 Å². The molecule has 6 heteroatoms. The van der Waals surface area contributed by atoms with Gasteiger partial charge in [-0.15, -0.1) is 0 Å². The molecule has 0 radical (unpaired) electrons. The van der Waals surface area contributed by atoms with Crippen LogP contribution < -0.4 is 5.73 Å². The van der Waals surface area contributed by atoms with Gasteiger partial charge in [-0.25, -0.2) is 4.79 Å². The monoisotopic (exact) mass is 273 g/mol. The van der Waals surface area contributed by atoms with E-state index in [9.17, 15) is 14.7 Å². The van der Waals surface area contributed by atoms with E-state index in [0.717, 1.165) is 12.8 Å². The van der Waals surface area contributed by atoms with E-state index in [1.165, 1.54) is 0 Å². The number of carbonyl (C=O) groups is 2. The summed E-state index contributed by atoms with van der Waals surface area (Å²) in [5, 5.41) is 9.41. The van der Waals surface area contributed by atoms with Crippen LogP contribution in [-0.4, -0.2) is 37.0 Å². The molecule has 0 amide bonds. The summed E-state index contributed by atoms with van der Waals surface area (Å²) in [6.07, 6.45) is 2.42. The zero-order valence-corrected chi connectivity index (χ0v) is 11.4. The van der Waals surface area contributed by atoms with E-state index >= 15 is 0 Å². The van der Waals surface area contributed by atoms with Gasteiger partial charge in [0.25, 0.3) is 0 Å². The van der Waals surface area contributed by atoms with Crippen LogP contribution in [0.5, 0.6) is 0 Å². The van der Waals surface area contributed by atoms with Crippen LogP contribution in [0, 0.1) is 11.3 Å². The molecule has 0 aromatic heterocycles. The van der Waals surface area contributed by atoms with E-state index in [4.69, 9.17) is 10.5 Å². The second-order valence-electron chi connectivity index (χ2n) is 5.05. The molecule has 0 aromatic rings. The van der Waals surface area contributed by atoms with Crippen molar-refractivity contribution in [2.24, 2.45) is 17.1 Å². The molecule has 110 valence electrons. The van der Waals surface area contributed by atoms with Gasteiger partial charge >= 0.3 is 12.1 Å². The van der Waals surface area contributed by atoms with Gasteiger partial charge in [0.05, 0.1) is 18.6 Å². The maximum Gasteiger partial charge on any atom is 0.508 e. The molecule has 0 atom stereocenters. The smallest absolute Gasteiger partial charge is 0.481 e. The Morgan fingerprint density at radius 1 is 1.32 bits per heavy atom. The van der Waals surface area contributed by atoms with Gasteiger partial charge < -0.3 is 20.3 Å². The van der Waals surface area contributed by atoms with Gasteiger partial charge in [-0.05, 0) is 51.5 Å². The first-order valence-electron chi connectivity index (χ1n) is 6.77. The summed E-state index contributed by atoms with van der Waals surface area (Å²) in [6.45, 7) is 2.63. The molecule has 0 unspecified atom stereocenters. The van der Waals surface area contributed by atoms with Crippen LogP contribution in [0.25, 0.3) is 0 Å². The number of hydrogen-bond acceptors (Lipinski definition) is 5. The largest absolute Gasteiger partial charge is 0.508 e. The van der Waals surface area contributed by atoms with Gasteiger partial charge in [0.2, 0.25) is 0 Å². The highest BCUT2D eigenvalue weighted by Gasteiger charge is 2.41. The Kier molecular flexibility index (Phi) is 6.08. The van der Waals surface area contributed by atoms with Crippen molar-refractivity contribution in [3.8, 4) is 0 Å². The number of carboxylic acids is 1. The highest BCUT2D eigenvalue weighted by molar-refractivity contribution is 5.74. The second-order valence-corrected chi connectivity index (χ2v) is 5.05. The van der Waals surface area contributed by atoms with Crippen LogP contribution in [0.2, 0.25) is 0 Å². The number of ether oxygens (including phenoxy) is 2. The van der Waals surface area contributed by atoms with Crippen LogP contribution in [-0.2, 0) is 14.3 Å². The van der Waals surface area contributed by atoms with Crippen LogP contribution in [0.3, 0.4) is 0 Å². The Morgan fingerprint density at radius 3 is 2.42 bits per heavy atom. The van der Waals surface area contributed by atoms with Crippen molar-refractivity contribution in [3.63, 3.8) is 0 Å². The quantitative estimate of drug-likeness (QED) is 0.715. The second kappa shape index (κ2) is 7.33. The third-order valence-electron chi connectivity index (χ3n) is 3.91. The number of nitrogens with two attached hydrogens (primary N) is 1. The van der Waals surface area contributed by atoms with E-state index in [-0.39, 0.29) is 13.2 Å². The van der Waals surface area contributed by atoms with Gasteiger partial charge in [0.1, 0.15) is 0 Å². The van der Waals surface area contributed by atoms with Gasteiger partial charge in [0.15, 0.2) is 0 Å². The Labute approximate surface area is 113 Å². The van der Waals surface area contributed by atoms with Gasteiger partial charge in [-0.2, -0.15) is 0 Å². The summed E-state index contributed by atoms with van der Waals surface area (Å²) in [5.41, 5.74) is 4.83. The minimum Gasteiger partial charge on any atom is -0.481 e. The zero-order valence-electron chi connectivity index (χ0n) is 11.4. The fourth-order valence-corrected chi connectivity index (χ4v) is 2.53. The average molecular weight is 273 g/mol. The van der Waals surface area contributed by atoms with Crippen LogP contribution in [0.1, 0.15) is 39.0 Å². The van der Waals surface area contributed by atoms with Crippen LogP contribution in [0.4, 0.5) is 4.79 Å². The molecule has 0 aliphatic heterocycles. The van der Waals surface area contributed by atoms with Crippen molar-refractivity contribution in [2.45, 2.75) is 39.0 Å². The summed E-state index contributed by atoms with van der Waals surface area (Å²) in [4.78, 5) is 22.5. The third-order valence-corrected chi connectivity index (χ3v) is 3.91. The lowest BCUT2D eigenvalue weighted by molar-refractivity contribution is -0.153. The first kappa shape index (κ1) is 15.8. The number of carbonyl (C=O) groups excluding carboxylic acids is 1. The number of aliphatic carboxylic acids is 1. The number of carboxylic acid groups (broad SMARTS) is 1. The first-order chi connectivity index (χ1) is 9.04. The molecule has 1 aliphatic carbocycles. The van der Waals surface area contributed by atoms with E-state index in [2.05, 4.69) is 4.74 Å². The van der Waals surface area contributed by atoms with Crippen molar-refractivity contribution in [3.05, 3.63) is 0 Å². The maximum atomic E-state index is 11.5. The van der Waals surface area contributed by atoms with E-state index < -0.39 is 17.5 Å². The lowest BCUT2D eigenvalue weighted by atomic mass is 9.69. The molecule has 1 fully saturated rings. The Bertz CT molecular complexity index is 310. The zero-order chi connectivity index (χ0) is 14.3. The van der Waals surface area contributed by atoms with Gasteiger partial charge in [0, 0.05) is 0 Å². The first-order valence-corrected chi connectivity index (χ1v) is 6.77. The molecule has 3 N–H and O–H groups in total. The topological polar surface area (TPSA) is 98.8 Å². The number of hydrogen-bond donors (Lipinski definition) is 2. The summed E-state index contributed by atoms with van der Waals surface area (Å²) in [5.74, 6) is -0.395. The molecule has 6 nitrogen and oxygen atoms in total. The van der Waals surface area contributed by atoms with Crippen molar-refractivity contribution in [1.82, 2.24) is 0 Å². The molecule has 1 rings (SSSR count). The van der Waals surface area contributed by atoms with Crippen molar-refractivity contribution in [1.29, 1.82) is 0 Å². The normalized spacial score (nSPS) is 26.7. The van der Waals surface area contributed by atoms with Crippen molar-refractivity contribution >= 4 is 12.1 Å². The minimum absolute atomic E-state index is 0.0818. The highest BCUT2D eigenvalue weighted by atomic mass is 16.7. The molecular formula is C13H23NO5. The molecule has 19 heavy (non-hydrogen) atoms. The summed E-state index contributed by atoms with van der Waals surface area (Å²) >= 11 is 0. The molecule has 0 aromatic carbocycles. The lowest BCUT2D eigenvalue weighted by Gasteiger charge is -2.36. The third kappa shape index (κ3) is 4.38. The van der Waals surface area contributed by atoms with Gasteiger partial charge in [-0.1, -0.05) is 0 Å². The van der Waals surface area contributed by atoms with Gasteiger partial charge in [-0.3, -0.25) is 4.79 Å². The summed E-state index contributed by atoms with van der Waals surface area (Å²) < 4.78 is 9.50. The standard InChI is InChI=1S/C13H23NO5/c1-2-18-12(17)19-8-7-13(11(15)16)5-3-10(9-14)4-6-13/h10H,2-9,14H2,1H3,(H,15,16). The summed E-state index contributed by atoms with van der Waals surface area (Å²) in [6, 6.07) is 0. The minimum atomic E-state index is -0.810. The fraction of sp³-hybridized carbons (Fsp3) is 0.846. The highest BCUT2D eigenvalue weighted by Crippen LogP contribution is 2.41. The molecule has 0 bridgehead atoms. The molecule has 0 heterocycles. The van der Waals surface area contributed by atoms with E-state index in [1.54, 1.807) is 6.92 Å². The Hall–Kier alpha value is -1.30. The fourth-order valence-electron chi connectivity index (χ4n) is 2.53. The number of rotatable bonds is 6. The molecule has 1 aliphatic rings. The molecule has 1 saturated carbocycles. The van der Waals surface area contributed by atoms with Crippen LogP contribution >= 0.6 is 0 Å². The van der Waals surface area contributed by atoms with Crippen molar-refractivity contribution in [2.75, 3.05) is 19.8 Å². The van der Waals surface area contributed by atoms with Crippen molar-refractivity contribution < 1.29 is 24.2 Å². The Morgan fingerprint density at radius 2 is 1.95 bits per heavy atom.